The molecule has 1 saturated heterocycles. The molecular formula is C22H24N6O2. The summed E-state index contributed by atoms with van der Waals surface area (Å²) in [4.78, 5) is 30.9. The standard InChI is InChI=1S/C22H24N6O2/c1-15-23-21(27-26-15)17-9-5-10-18(13-17)24-22(30)25-19(16-7-3-2-4-8-16)14-28-12-6-11-20(28)29/h2-5,7-10,13,19H,6,11-12,14H2,1H3,(H,23,26,27)(H2,24,25,30). The van der Waals surface area contributed by atoms with Gasteiger partial charge < -0.3 is 15.5 Å². The Labute approximate surface area is 174 Å². The summed E-state index contributed by atoms with van der Waals surface area (Å²) in [5.41, 5.74) is 2.40. The molecule has 0 radical (unpaired) electrons. The third-order valence-electron chi connectivity index (χ3n) is 5.06. The molecule has 3 aromatic rings. The molecule has 2 heterocycles. The summed E-state index contributed by atoms with van der Waals surface area (Å²) in [7, 11) is 0. The highest BCUT2D eigenvalue weighted by atomic mass is 16.2. The Morgan fingerprint density at radius 2 is 2.03 bits per heavy atom. The van der Waals surface area contributed by atoms with Crippen LogP contribution in [0.25, 0.3) is 11.4 Å². The van der Waals surface area contributed by atoms with Gasteiger partial charge in [0.15, 0.2) is 5.82 Å². The molecule has 4 rings (SSSR count). The molecule has 8 nitrogen and oxygen atoms in total. The smallest absolute Gasteiger partial charge is 0.319 e. The van der Waals surface area contributed by atoms with Crippen molar-refractivity contribution in [1.29, 1.82) is 0 Å². The molecule has 0 saturated carbocycles. The number of benzene rings is 2. The third kappa shape index (κ3) is 4.65. The summed E-state index contributed by atoms with van der Waals surface area (Å²) >= 11 is 0. The fraction of sp³-hybridized carbons (Fsp3) is 0.273. The Bertz CT molecular complexity index is 1030. The number of carbonyl (C=O) groups is 2. The van der Waals surface area contributed by atoms with E-state index in [0.29, 0.717) is 24.5 Å². The quantitative estimate of drug-likeness (QED) is 0.587. The molecule has 0 aliphatic carbocycles. The maximum Gasteiger partial charge on any atom is 0.319 e. The fourth-order valence-corrected chi connectivity index (χ4v) is 3.57. The number of hydrogen-bond donors (Lipinski definition) is 3. The highest BCUT2D eigenvalue weighted by Gasteiger charge is 2.25. The van der Waals surface area contributed by atoms with E-state index in [0.717, 1.165) is 29.9 Å². The van der Waals surface area contributed by atoms with Crippen LogP contribution in [0.1, 0.15) is 30.3 Å². The van der Waals surface area contributed by atoms with Crippen LogP contribution in [-0.2, 0) is 4.79 Å². The molecule has 3 amide bonds. The van der Waals surface area contributed by atoms with Crippen molar-refractivity contribution in [3.8, 4) is 11.4 Å². The Morgan fingerprint density at radius 3 is 2.73 bits per heavy atom. The second-order valence-electron chi connectivity index (χ2n) is 7.33. The van der Waals surface area contributed by atoms with Gasteiger partial charge in [-0.05, 0) is 31.0 Å². The van der Waals surface area contributed by atoms with Crippen LogP contribution < -0.4 is 10.6 Å². The van der Waals surface area contributed by atoms with Gasteiger partial charge >= 0.3 is 6.03 Å². The van der Waals surface area contributed by atoms with Gasteiger partial charge in [0.2, 0.25) is 5.91 Å². The number of aryl methyl sites for hydroxylation is 1. The zero-order valence-corrected chi connectivity index (χ0v) is 16.8. The lowest BCUT2D eigenvalue weighted by molar-refractivity contribution is -0.128. The number of anilines is 1. The number of aromatic nitrogens is 3. The number of rotatable bonds is 6. The SMILES string of the molecule is Cc1nc(-c2cccc(NC(=O)NC(CN3CCCC3=O)c3ccccc3)c2)n[nH]1. The fourth-order valence-electron chi connectivity index (χ4n) is 3.57. The van der Waals surface area contributed by atoms with Gasteiger partial charge in [-0.1, -0.05) is 42.5 Å². The van der Waals surface area contributed by atoms with Crippen molar-refractivity contribution in [1.82, 2.24) is 25.4 Å². The van der Waals surface area contributed by atoms with Gasteiger partial charge in [0.05, 0.1) is 6.04 Å². The van der Waals surface area contributed by atoms with E-state index in [1.54, 1.807) is 0 Å². The first-order chi connectivity index (χ1) is 14.6. The number of hydrogen-bond acceptors (Lipinski definition) is 4. The maximum atomic E-state index is 12.7. The van der Waals surface area contributed by atoms with Crippen LogP contribution in [0.2, 0.25) is 0 Å². The van der Waals surface area contributed by atoms with Crippen LogP contribution in [0.5, 0.6) is 0 Å². The molecule has 0 spiro atoms. The molecule has 1 aliphatic heterocycles. The van der Waals surface area contributed by atoms with E-state index < -0.39 is 0 Å². The molecular weight excluding hydrogens is 380 g/mol. The number of nitrogens with zero attached hydrogens (tertiary/aromatic N) is 3. The summed E-state index contributed by atoms with van der Waals surface area (Å²) < 4.78 is 0. The summed E-state index contributed by atoms with van der Waals surface area (Å²) in [5, 5.41) is 12.9. The number of carbonyl (C=O) groups excluding carboxylic acids is 2. The number of likely N-dealkylation sites (tertiary alicyclic amines) is 1. The number of H-pyrrole nitrogens is 1. The molecule has 154 valence electrons. The zero-order chi connectivity index (χ0) is 20.9. The van der Waals surface area contributed by atoms with E-state index in [2.05, 4.69) is 25.8 Å². The molecule has 1 unspecified atom stereocenters. The van der Waals surface area contributed by atoms with Gasteiger partial charge in [0.25, 0.3) is 0 Å². The van der Waals surface area contributed by atoms with E-state index in [-0.39, 0.29) is 18.0 Å². The Morgan fingerprint density at radius 1 is 1.20 bits per heavy atom. The lowest BCUT2D eigenvalue weighted by atomic mass is 10.1. The number of nitrogens with one attached hydrogen (secondary N) is 3. The second-order valence-corrected chi connectivity index (χ2v) is 7.33. The molecule has 1 aromatic heterocycles. The number of amides is 3. The van der Waals surface area contributed by atoms with Gasteiger partial charge in [-0.15, -0.1) is 0 Å². The molecule has 0 bridgehead atoms. The highest BCUT2D eigenvalue weighted by Crippen LogP contribution is 2.21. The molecule has 8 heteroatoms. The molecule has 1 fully saturated rings. The zero-order valence-electron chi connectivity index (χ0n) is 16.8. The Kier molecular flexibility index (Phi) is 5.74. The minimum Gasteiger partial charge on any atom is -0.340 e. The van der Waals surface area contributed by atoms with Crippen molar-refractivity contribution >= 4 is 17.6 Å². The summed E-state index contributed by atoms with van der Waals surface area (Å²) in [6.45, 7) is 3.01. The molecule has 30 heavy (non-hydrogen) atoms. The minimum absolute atomic E-state index is 0.132. The van der Waals surface area contributed by atoms with E-state index in [1.807, 2.05) is 66.4 Å². The predicted octanol–water partition coefficient (Wildman–Crippen LogP) is 3.27. The van der Waals surface area contributed by atoms with Crippen LogP contribution in [-0.4, -0.2) is 45.1 Å². The van der Waals surface area contributed by atoms with Crippen LogP contribution in [0, 0.1) is 6.92 Å². The van der Waals surface area contributed by atoms with Gasteiger partial charge in [-0.2, -0.15) is 5.10 Å². The summed E-state index contributed by atoms with van der Waals surface area (Å²) in [6, 6.07) is 16.4. The maximum absolute atomic E-state index is 12.7. The average Bonchev–Trinajstić information content (AvgIpc) is 3.36. The van der Waals surface area contributed by atoms with Crippen LogP contribution in [0.4, 0.5) is 10.5 Å². The van der Waals surface area contributed by atoms with Gasteiger partial charge in [-0.3, -0.25) is 9.89 Å². The van der Waals surface area contributed by atoms with E-state index >= 15 is 0 Å². The molecule has 1 aliphatic rings. The second kappa shape index (κ2) is 8.77. The van der Waals surface area contributed by atoms with Crippen molar-refractivity contribution in [3.05, 3.63) is 66.0 Å². The van der Waals surface area contributed by atoms with Crippen LogP contribution in [0.3, 0.4) is 0 Å². The summed E-state index contributed by atoms with van der Waals surface area (Å²) in [5.74, 6) is 1.43. The lowest BCUT2D eigenvalue weighted by Crippen LogP contribution is -2.40. The average molecular weight is 404 g/mol. The van der Waals surface area contributed by atoms with Crippen molar-refractivity contribution in [2.75, 3.05) is 18.4 Å². The third-order valence-corrected chi connectivity index (χ3v) is 5.06. The molecule has 2 aromatic carbocycles. The first-order valence-electron chi connectivity index (χ1n) is 9.98. The van der Waals surface area contributed by atoms with Crippen LogP contribution in [0.15, 0.2) is 54.6 Å². The first kappa shape index (κ1) is 19.6. The topological polar surface area (TPSA) is 103 Å². The monoisotopic (exact) mass is 404 g/mol. The van der Waals surface area contributed by atoms with Crippen LogP contribution >= 0.6 is 0 Å². The molecule has 3 N–H and O–H groups in total. The van der Waals surface area contributed by atoms with Crippen molar-refractivity contribution in [2.24, 2.45) is 0 Å². The molecule has 1 atom stereocenters. The van der Waals surface area contributed by atoms with E-state index in [1.165, 1.54) is 0 Å². The Hall–Kier alpha value is -3.68. The first-order valence-corrected chi connectivity index (χ1v) is 9.98. The minimum atomic E-state index is -0.334. The number of urea groups is 1. The van der Waals surface area contributed by atoms with Gasteiger partial charge in [-0.25, -0.2) is 9.78 Å². The predicted molar refractivity (Wildman–Crippen MR) is 114 cm³/mol. The van der Waals surface area contributed by atoms with Gasteiger partial charge in [0.1, 0.15) is 5.82 Å². The lowest BCUT2D eigenvalue weighted by Gasteiger charge is -2.25. The summed E-state index contributed by atoms with van der Waals surface area (Å²) in [6.07, 6.45) is 1.43. The number of aromatic amines is 1. The Balaban J connectivity index is 1.47. The van der Waals surface area contributed by atoms with Gasteiger partial charge in [0, 0.05) is 30.8 Å². The highest BCUT2D eigenvalue weighted by molar-refractivity contribution is 5.90. The van der Waals surface area contributed by atoms with Crippen molar-refractivity contribution in [2.45, 2.75) is 25.8 Å². The normalized spacial score (nSPS) is 14.6. The van der Waals surface area contributed by atoms with Crippen molar-refractivity contribution < 1.29 is 9.59 Å². The van der Waals surface area contributed by atoms with Crippen molar-refractivity contribution in [3.63, 3.8) is 0 Å². The largest absolute Gasteiger partial charge is 0.340 e. The van der Waals surface area contributed by atoms with E-state index in [9.17, 15) is 9.59 Å². The van der Waals surface area contributed by atoms with E-state index in [4.69, 9.17) is 0 Å².